The van der Waals surface area contributed by atoms with Crippen molar-refractivity contribution in [1.29, 1.82) is 0 Å². The van der Waals surface area contributed by atoms with E-state index in [9.17, 15) is 9.59 Å². The van der Waals surface area contributed by atoms with E-state index in [0.717, 1.165) is 18.4 Å². The number of halogens is 1. The predicted octanol–water partition coefficient (Wildman–Crippen LogP) is 5.74. The molecule has 2 aromatic carbocycles. The van der Waals surface area contributed by atoms with Crippen LogP contribution in [0.25, 0.3) is 11.6 Å². The van der Waals surface area contributed by atoms with Gasteiger partial charge in [-0.05, 0) is 72.7 Å². The second kappa shape index (κ2) is 9.38. The maximum absolute atomic E-state index is 12.3. The quantitative estimate of drug-likeness (QED) is 0.519. The van der Waals surface area contributed by atoms with Crippen LogP contribution in [0, 0.1) is 0 Å². The molecule has 0 saturated carbocycles. The molecule has 0 radical (unpaired) electrons. The van der Waals surface area contributed by atoms with Gasteiger partial charge in [-0.1, -0.05) is 35.9 Å². The van der Waals surface area contributed by atoms with E-state index in [4.69, 9.17) is 16.3 Å². The molecule has 1 N–H and O–H groups in total. The molecule has 1 aliphatic carbocycles. The van der Waals surface area contributed by atoms with Gasteiger partial charge >= 0.3 is 5.97 Å². The number of nitrogens with one attached hydrogen (secondary N) is 1. The monoisotopic (exact) mass is 395 g/mol. The van der Waals surface area contributed by atoms with E-state index in [1.54, 1.807) is 18.2 Å². The SMILES string of the molecule is COC(=O)c1cc(Cl)ccc1NC(=O)C=Cc1cccc(C2=CCCCC2)c1. The molecule has 28 heavy (non-hydrogen) atoms. The Morgan fingerprint density at radius 3 is 2.75 bits per heavy atom. The Morgan fingerprint density at radius 2 is 2.00 bits per heavy atom. The summed E-state index contributed by atoms with van der Waals surface area (Å²) in [7, 11) is 1.28. The highest BCUT2D eigenvalue weighted by Gasteiger charge is 2.14. The summed E-state index contributed by atoms with van der Waals surface area (Å²) in [5.41, 5.74) is 4.08. The van der Waals surface area contributed by atoms with E-state index in [1.165, 1.54) is 43.2 Å². The zero-order valence-corrected chi connectivity index (χ0v) is 16.5. The number of methoxy groups -OCH3 is 1. The van der Waals surface area contributed by atoms with E-state index in [0.29, 0.717) is 10.7 Å². The fourth-order valence-corrected chi connectivity index (χ4v) is 3.37. The first-order valence-corrected chi connectivity index (χ1v) is 9.61. The van der Waals surface area contributed by atoms with Gasteiger partial charge in [0.15, 0.2) is 0 Å². The summed E-state index contributed by atoms with van der Waals surface area (Å²) >= 11 is 5.94. The van der Waals surface area contributed by atoms with Crippen molar-refractivity contribution < 1.29 is 14.3 Å². The Morgan fingerprint density at radius 1 is 1.14 bits per heavy atom. The molecule has 5 heteroatoms. The average molecular weight is 396 g/mol. The molecular formula is C23H22ClNO3. The molecule has 4 nitrogen and oxygen atoms in total. The summed E-state index contributed by atoms with van der Waals surface area (Å²) in [4.78, 5) is 24.2. The summed E-state index contributed by atoms with van der Waals surface area (Å²) in [6, 6.07) is 12.8. The number of hydrogen-bond acceptors (Lipinski definition) is 3. The molecule has 3 rings (SSSR count). The summed E-state index contributed by atoms with van der Waals surface area (Å²) in [5, 5.41) is 3.10. The summed E-state index contributed by atoms with van der Waals surface area (Å²) in [6.45, 7) is 0. The molecule has 0 bridgehead atoms. The molecule has 1 amide bonds. The number of rotatable bonds is 5. The Bertz CT molecular complexity index is 947. The maximum Gasteiger partial charge on any atom is 0.340 e. The van der Waals surface area contributed by atoms with Crippen LogP contribution in [-0.2, 0) is 9.53 Å². The van der Waals surface area contributed by atoms with E-state index in [-0.39, 0.29) is 11.5 Å². The minimum atomic E-state index is -0.560. The lowest BCUT2D eigenvalue weighted by Gasteiger charge is -2.13. The van der Waals surface area contributed by atoms with Gasteiger partial charge in [0.25, 0.3) is 0 Å². The summed E-state index contributed by atoms with van der Waals surface area (Å²) < 4.78 is 4.74. The molecule has 2 aromatic rings. The Balaban J connectivity index is 1.73. The van der Waals surface area contributed by atoms with Crippen LogP contribution in [0.3, 0.4) is 0 Å². The number of ether oxygens (including phenoxy) is 1. The largest absolute Gasteiger partial charge is 0.465 e. The van der Waals surface area contributed by atoms with Gasteiger partial charge < -0.3 is 10.1 Å². The van der Waals surface area contributed by atoms with Crippen LogP contribution in [-0.4, -0.2) is 19.0 Å². The van der Waals surface area contributed by atoms with Crippen molar-refractivity contribution in [2.24, 2.45) is 0 Å². The molecule has 0 atom stereocenters. The molecule has 1 aliphatic rings. The first kappa shape index (κ1) is 19.9. The minimum Gasteiger partial charge on any atom is -0.465 e. The third-order valence-corrected chi connectivity index (χ3v) is 4.86. The number of carbonyl (C=O) groups excluding carboxylic acids is 2. The van der Waals surface area contributed by atoms with Crippen molar-refractivity contribution in [1.82, 2.24) is 0 Å². The lowest BCUT2D eigenvalue weighted by atomic mass is 9.93. The molecule has 0 saturated heterocycles. The summed E-state index contributed by atoms with van der Waals surface area (Å²) in [5.74, 6) is -0.898. The van der Waals surface area contributed by atoms with Crippen molar-refractivity contribution >= 4 is 40.8 Å². The van der Waals surface area contributed by atoms with Gasteiger partial charge in [-0.25, -0.2) is 4.79 Å². The van der Waals surface area contributed by atoms with Crippen molar-refractivity contribution in [3.63, 3.8) is 0 Å². The number of esters is 1. The first-order valence-electron chi connectivity index (χ1n) is 9.23. The van der Waals surface area contributed by atoms with Crippen LogP contribution in [0.5, 0.6) is 0 Å². The standard InChI is InChI=1S/C23H22ClNO3/c1-28-23(27)20-15-19(24)11-12-21(20)25-22(26)13-10-16-6-5-9-18(14-16)17-7-3-2-4-8-17/h5-7,9-15H,2-4,8H2,1H3,(H,25,26). The molecule has 144 valence electrons. The smallest absolute Gasteiger partial charge is 0.340 e. The van der Waals surface area contributed by atoms with E-state index < -0.39 is 5.97 Å². The van der Waals surface area contributed by atoms with Crippen molar-refractivity contribution in [3.05, 3.63) is 76.3 Å². The average Bonchev–Trinajstić information content (AvgIpc) is 2.74. The normalized spacial score (nSPS) is 13.9. The highest BCUT2D eigenvalue weighted by molar-refractivity contribution is 6.31. The fraction of sp³-hybridized carbons (Fsp3) is 0.217. The van der Waals surface area contributed by atoms with Gasteiger partial charge in [0.2, 0.25) is 5.91 Å². The molecule has 0 unspecified atom stereocenters. The van der Waals surface area contributed by atoms with E-state index in [2.05, 4.69) is 23.5 Å². The molecule has 0 aliphatic heterocycles. The van der Waals surface area contributed by atoms with Gasteiger partial charge in [-0.15, -0.1) is 0 Å². The van der Waals surface area contributed by atoms with Gasteiger partial charge in [0.05, 0.1) is 18.4 Å². The molecule has 0 aromatic heterocycles. The topological polar surface area (TPSA) is 55.4 Å². The van der Waals surface area contributed by atoms with E-state index in [1.807, 2.05) is 12.1 Å². The minimum absolute atomic E-state index is 0.211. The number of allylic oxidation sites excluding steroid dienone is 2. The molecule has 0 heterocycles. The molecule has 0 fully saturated rings. The van der Waals surface area contributed by atoms with Crippen LogP contribution in [0.15, 0.2) is 54.6 Å². The van der Waals surface area contributed by atoms with Crippen LogP contribution >= 0.6 is 11.6 Å². The Hall–Kier alpha value is -2.85. The van der Waals surface area contributed by atoms with Crippen molar-refractivity contribution in [2.45, 2.75) is 25.7 Å². The van der Waals surface area contributed by atoms with Gasteiger partial charge in [0, 0.05) is 11.1 Å². The van der Waals surface area contributed by atoms with Crippen LogP contribution in [0.1, 0.15) is 47.2 Å². The zero-order chi connectivity index (χ0) is 19.9. The van der Waals surface area contributed by atoms with Gasteiger partial charge in [-0.3, -0.25) is 4.79 Å². The Labute approximate surface area is 169 Å². The first-order chi connectivity index (χ1) is 13.6. The number of carbonyl (C=O) groups is 2. The van der Waals surface area contributed by atoms with Gasteiger partial charge in [-0.2, -0.15) is 0 Å². The van der Waals surface area contributed by atoms with Crippen LogP contribution < -0.4 is 5.32 Å². The number of anilines is 1. The maximum atomic E-state index is 12.3. The lowest BCUT2D eigenvalue weighted by Crippen LogP contribution is -2.13. The lowest BCUT2D eigenvalue weighted by molar-refractivity contribution is -0.111. The highest BCUT2D eigenvalue weighted by Crippen LogP contribution is 2.27. The number of benzene rings is 2. The van der Waals surface area contributed by atoms with E-state index >= 15 is 0 Å². The van der Waals surface area contributed by atoms with Crippen molar-refractivity contribution in [2.75, 3.05) is 12.4 Å². The number of amides is 1. The molecular weight excluding hydrogens is 374 g/mol. The number of hydrogen-bond donors (Lipinski definition) is 1. The third-order valence-electron chi connectivity index (χ3n) is 4.62. The molecule has 0 spiro atoms. The second-order valence-electron chi connectivity index (χ2n) is 6.60. The van der Waals surface area contributed by atoms with Crippen LogP contribution in [0.2, 0.25) is 5.02 Å². The highest BCUT2D eigenvalue weighted by atomic mass is 35.5. The second-order valence-corrected chi connectivity index (χ2v) is 7.04. The van der Waals surface area contributed by atoms with Crippen LogP contribution in [0.4, 0.5) is 5.69 Å². The summed E-state index contributed by atoms with van der Waals surface area (Å²) in [6.07, 6.45) is 10.2. The predicted molar refractivity (Wildman–Crippen MR) is 113 cm³/mol. The Kier molecular flexibility index (Phi) is 6.66. The van der Waals surface area contributed by atoms with Crippen molar-refractivity contribution in [3.8, 4) is 0 Å². The van der Waals surface area contributed by atoms with Gasteiger partial charge in [0.1, 0.15) is 0 Å². The zero-order valence-electron chi connectivity index (χ0n) is 15.7. The third kappa shape index (κ3) is 5.11. The fourth-order valence-electron chi connectivity index (χ4n) is 3.19.